The number of carbonyl (C=O) groups excluding carboxylic acids is 1. The number of oxime groups is 1. The van der Waals surface area contributed by atoms with Crippen LogP contribution in [-0.2, 0) is 4.84 Å². The summed E-state index contributed by atoms with van der Waals surface area (Å²) in [6.45, 7) is 4.10. The molecule has 0 amide bonds. The smallest absolute Gasteiger partial charge is 0.343 e. The van der Waals surface area contributed by atoms with Crippen molar-refractivity contribution in [1.82, 2.24) is 0 Å². The average Bonchev–Trinajstić information content (AvgIpc) is 2.79. The monoisotopic (exact) mass is 447 g/mol. The minimum atomic E-state index is -0.699. The number of halogens is 1. The van der Waals surface area contributed by atoms with Crippen LogP contribution in [0.1, 0.15) is 55.5 Å². The van der Waals surface area contributed by atoms with E-state index in [2.05, 4.69) is 12.1 Å². The Labute approximate surface area is 188 Å². The van der Waals surface area contributed by atoms with E-state index >= 15 is 0 Å². The van der Waals surface area contributed by atoms with Crippen molar-refractivity contribution in [3.05, 3.63) is 47.3 Å². The third-order valence-electron chi connectivity index (χ3n) is 4.76. The van der Waals surface area contributed by atoms with Gasteiger partial charge in [0.2, 0.25) is 5.75 Å². The van der Waals surface area contributed by atoms with E-state index in [0.29, 0.717) is 11.3 Å². The minimum Gasteiger partial charge on any atom is -0.496 e. The quantitative estimate of drug-likeness (QED) is 0.143. The molecule has 0 radical (unpaired) electrons. The molecule has 0 aliphatic heterocycles. The number of carbonyl (C=O) groups is 1. The zero-order chi connectivity index (χ0) is 23.5. The first-order valence-electron chi connectivity index (χ1n) is 10.4. The largest absolute Gasteiger partial charge is 0.496 e. The van der Waals surface area contributed by atoms with Gasteiger partial charge in [0.15, 0.2) is 11.5 Å². The molecule has 8 heteroatoms. The molecule has 0 saturated carbocycles. The maximum absolute atomic E-state index is 13.2. The molecule has 1 unspecified atom stereocenters. The fourth-order valence-electron chi connectivity index (χ4n) is 3.01. The highest BCUT2D eigenvalue weighted by molar-refractivity contribution is 5.94. The number of unbranched alkanes of at least 4 members (excludes halogenated alkanes) is 2. The molecule has 1 atom stereocenters. The summed E-state index contributed by atoms with van der Waals surface area (Å²) in [5.41, 5.74) is 0.587. The second-order valence-electron chi connectivity index (χ2n) is 7.10. The molecule has 0 saturated heterocycles. The molecule has 0 aromatic heterocycles. The van der Waals surface area contributed by atoms with Crippen LogP contribution in [0.25, 0.3) is 0 Å². The summed E-state index contributed by atoms with van der Waals surface area (Å²) in [4.78, 5) is 18.1. The molecule has 2 aromatic rings. The van der Waals surface area contributed by atoms with Crippen LogP contribution in [0.3, 0.4) is 0 Å². The molecular weight excluding hydrogens is 417 g/mol. The zero-order valence-electron chi connectivity index (χ0n) is 19.1. The van der Waals surface area contributed by atoms with Gasteiger partial charge in [-0.1, -0.05) is 24.9 Å². The lowest BCUT2D eigenvalue weighted by Gasteiger charge is -2.18. The molecule has 0 spiro atoms. The molecule has 0 aliphatic carbocycles. The molecule has 0 heterocycles. The topological polar surface area (TPSA) is 75.6 Å². The Balaban J connectivity index is 2.34. The van der Waals surface area contributed by atoms with Crippen LogP contribution in [0.15, 0.2) is 35.5 Å². The number of benzene rings is 2. The average molecular weight is 448 g/mol. The maximum Gasteiger partial charge on any atom is 0.343 e. The summed E-state index contributed by atoms with van der Waals surface area (Å²) in [6, 6.07) is 6.57. The molecule has 2 aromatic carbocycles. The first kappa shape index (κ1) is 25.0. The standard InChI is InChI=1S/C24H30FNO6/c1-6-7-8-9-16(2)32-26-15-19-20(28-3)14-21(29-4)23(22(19)30-5)31-24(27)17-10-12-18(25)13-11-17/h10-16H,6-9H2,1-5H3/b26-15+. The first-order valence-corrected chi connectivity index (χ1v) is 10.4. The Hall–Kier alpha value is -3.29. The van der Waals surface area contributed by atoms with Crippen molar-refractivity contribution in [2.45, 2.75) is 45.6 Å². The van der Waals surface area contributed by atoms with Crippen LogP contribution in [0, 0.1) is 5.82 Å². The molecule has 32 heavy (non-hydrogen) atoms. The Morgan fingerprint density at radius 1 is 1.03 bits per heavy atom. The van der Waals surface area contributed by atoms with Crippen LogP contribution in [0.4, 0.5) is 4.39 Å². The van der Waals surface area contributed by atoms with Gasteiger partial charge in [-0.2, -0.15) is 0 Å². The van der Waals surface area contributed by atoms with Gasteiger partial charge in [-0.25, -0.2) is 9.18 Å². The van der Waals surface area contributed by atoms with E-state index in [1.165, 1.54) is 51.8 Å². The van der Waals surface area contributed by atoms with Crippen molar-refractivity contribution in [1.29, 1.82) is 0 Å². The number of esters is 1. The lowest BCUT2D eigenvalue weighted by atomic mass is 10.1. The minimum absolute atomic E-state index is 0.0440. The molecular formula is C24H30FNO6. The van der Waals surface area contributed by atoms with Gasteiger partial charge in [0, 0.05) is 6.07 Å². The highest BCUT2D eigenvalue weighted by Gasteiger charge is 2.24. The molecule has 174 valence electrons. The lowest BCUT2D eigenvalue weighted by Crippen LogP contribution is -2.11. The lowest BCUT2D eigenvalue weighted by molar-refractivity contribution is 0.0657. The second kappa shape index (κ2) is 12.5. The summed E-state index contributed by atoms with van der Waals surface area (Å²) < 4.78 is 35.0. The van der Waals surface area contributed by atoms with Gasteiger partial charge in [-0.3, -0.25) is 0 Å². The van der Waals surface area contributed by atoms with Gasteiger partial charge < -0.3 is 23.8 Å². The molecule has 0 fully saturated rings. The van der Waals surface area contributed by atoms with Crippen molar-refractivity contribution >= 4 is 12.2 Å². The Morgan fingerprint density at radius 2 is 1.72 bits per heavy atom. The van der Waals surface area contributed by atoms with Gasteiger partial charge in [0.05, 0.1) is 38.7 Å². The fraction of sp³-hybridized carbons (Fsp3) is 0.417. The summed E-state index contributed by atoms with van der Waals surface area (Å²) in [6.07, 6.45) is 5.62. The van der Waals surface area contributed by atoms with E-state index < -0.39 is 11.8 Å². The van der Waals surface area contributed by atoms with Crippen molar-refractivity contribution in [2.24, 2.45) is 5.16 Å². The Morgan fingerprint density at radius 3 is 2.31 bits per heavy atom. The van der Waals surface area contributed by atoms with E-state index in [4.69, 9.17) is 23.8 Å². The SMILES string of the molecule is CCCCCC(C)O/N=C/c1c(OC)cc(OC)c(OC(=O)c2ccc(F)cc2)c1OC. The maximum atomic E-state index is 13.2. The summed E-state index contributed by atoms with van der Waals surface area (Å²) in [7, 11) is 4.34. The van der Waals surface area contributed by atoms with E-state index in [1.54, 1.807) is 6.07 Å². The number of hydrogen-bond donors (Lipinski definition) is 0. The highest BCUT2D eigenvalue weighted by atomic mass is 19.1. The van der Waals surface area contributed by atoms with Crippen LogP contribution in [0.2, 0.25) is 0 Å². The number of nitrogens with zero attached hydrogens (tertiary/aromatic N) is 1. The fourth-order valence-corrected chi connectivity index (χ4v) is 3.01. The van der Waals surface area contributed by atoms with Crippen LogP contribution >= 0.6 is 0 Å². The van der Waals surface area contributed by atoms with Gasteiger partial charge in [-0.05, 0) is 44.0 Å². The third-order valence-corrected chi connectivity index (χ3v) is 4.76. The number of rotatable bonds is 12. The Bertz CT molecular complexity index is 914. The predicted octanol–water partition coefficient (Wildman–Crippen LogP) is 5.39. The molecule has 0 N–H and O–H groups in total. The van der Waals surface area contributed by atoms with Crippen molar-refractivity contribution < 1.29 is 33.0 Å². The van der Waals surface area contributed by atoms with E-state index in [1.807, 2.05) is 6.92 Å². The van der Waals surface area contributed by atoms with Crippen molar-refractivity contribution in [3.63, 3.8) is 0 Å². The predicted molar refractivity (Wildman–Crippen MR) is 120 cm³/mol. The van der Waals surface area contributed by atoms with Gasteiger partial charge in [0.1, 0.15) is 17.7 Å². The van der Waals surface area contributed by atoms with E-state index in [9.17, 15) is 9.18 Å². The molecule has 2 rings (SSSR count). The van der Waals surface area contributed by atoms with Crippen LogP contribution in [0.5, 0.6) is 23.0 Å². The van der Waals surface area contributed by atoms with Gasteiger partial charge in [-0.15, -0.1) is 0 Å². The van der Waals surface area contributed by atoms with E-state index in [-0.39, 0.29) is 28.9 Å². The van der Waals surface area contributed by atoms with E-state index in [0.717, 1.165) is 25.7 Å². The number of hydrogen-bond acceptors (Lipinski definition) is 7. The summed E-state index contributed by atoms with van der Waals surface area (Å²) >= 11 is 0. The van der Waals surface area contributed by atoms with Gasteiger partial charge >= 0.3 is 5.97 Å². The molecule has 0 aliphatic rings. The number of methoxy groups -OCH3 is 3. The Kier molecular flexibility index (Phi) is 9.78. The molecule has 7 nitrogen and oxygen atoms in total. The normalized spacial score (nSPS) is 11.8. The number of ether oxygens (including phenoxy) is 4. The first-order chi connectivity index (χ1) is 15.4. The van der Waals surface area contributed by atoms with Crippen LogP contribution in [-0.4, -0.2) is 39.6 Å². The van der Waals surface area contributed by atoms with Crippen molar-refractivity contribution in [2.75, 3.05) is 21.3 Å². The summed E-state index contributed by atoms with van der Waals surface area (Å²) in [5, 5.41) is 4.07. The van der Waals surface area contributed by atoms with Crippen molar-refractivity contribution in [3.8, 4) is 23.0 Å². The van der Waals surface area contributed by atoms with Crippen LogP contribution < -0.4 is 18.9 Å². The second-order valence-corrected chi connectivity index (χ2v) is 7.10. The van der Waals surface area contributed by atoms with Gasteiger partial charge in [0.25, 0.3) is 0 Å². The summed E-state index contributed by atoms with van der Waals surface area (Å²) in [5.74, 6) is -0.310. The molecule has 0 bridgehead atoms. The highest BCUT2D eigenvalue weighted by Crippen LogP contribution is 2.45. The zero-order valence-corrected chi connectivity index (χ0v) is 19.1. The third kappa shape index (κ3) is 6.60.